The number of benzene rings is 1. The highest BCUT2D eigenvalue weighted by Gasteiger charge is 2.35. The van der Waals surface area contributed by atoms with Gasteiger partial charge in [0.05, 0.1) is 35.9 Å². The maximum atomic E-state index is 13.2. The Morgan fingerprint density at radius 3 is 2.62 bits per heavy atom. The first kappa shape index (κ1) is 21.7. The molecule has 1 aliphatic heterocycles. The summed E-state index contributed by atoms with van der Waals surface area (Å²) in [5, 5.41) is 18.4. The van der Waals surface area contributed by atoms with Crippen LogP contribution in [0.3, 0.4) is 0 Å². The molecule has 1 aliphatic rings. The molecule has 5 rings (SSSR count). The Labute approximate surface area is 193 Å². The van der Waals surface area contributed by atoms with Crippen LogP contribution in [-0.4, -0.2) is 59.0 Å². The Balaban J connectivity index is 1.29. The van der Waals surface area contributed by atoms with Crippen molar-refractivity contribution < 1.29 is 14.3 Å². The summed E-state index contributed by atoms with van der Waals surface area (Å²) in [6.07, 6.45) is 6.61. The topological polar surface area (TPSA) is 118 Å². The van der Waals surface area contributed by atoms with Crippen LogP contribution in [-0.2, 0) is 6.54 Å². The van der Waals surface area contributed by atoms with Gasteiger partial charge in [-0.15, -0.1) is 0 Å². The highest BCUT2D eigenvalue weighted by molar-refractivity contribution is 5.89. The number of halogens is 1. The van der Waals surface area contributed by atoms with E-state index >= 15 is 0 Å². The van der Waals surface area contributed by atoms with Gasteiger partial charge in [-0.3, -0.25) is 14.3 Å². The SMILES string of the molecule is O=C(Nc1cccnc1)N1CCC(O)(Cn2cnc3c(cnn3-c3ccc(F)cc3)c2=O)CC1. The molecule has 0 unspecified atom stereocenters. The lowest BCUT2D eigenvalue weighted by molar-refractivity contribution is -0.0255. The van der Waals surface area contributed by atoms with E-state index in [0.717, 1.165) is 0 Å². The summed E-state index contributed by atoms with van der Waals surface area (Å²) in [7, 11) is 0. The van der Waals surface area contributed by atoms with Crippen LogP contribution in [0, 0.1) is 5.82 Å². The highest BCUT2D eigenvalue weighted by atomic mass is 19.1. The van der Waals surface area contributed by atoms with Crippen LogP contribution in [0.4, 0.5) is 14.9 Å². The first-order chi connectivity index (χ1) is 16.4. The number of hydrogen-bond acceptors (Lipinski definition) is 6. The quantitative estimate of drug-likeness (QED) is 0.479. The van der Waals surface area contributed by atoms with Crippen molar-refractivity contribution in [2.75, 3.05) is 18.4 Å². The van der Waals surface area contributed by atoms with Crippen molar-refractivity contribution in [3.05, 3.63) is 77.5 Å². The predicted molar refractivity (Wildman–Crippen MR) is 122 cm³/mol. The normalized spacial score (nSPS) is 15.4. The fourth-order valence-electron chi connectivity index (χ4n) is 4.07. The number of aromatic nitrogens is 5. The summed E-state index contributed by atoms with van der Waals surface area (Å²) in [5.74, 6) is -0.371. The Hall–Kier alpha value is -4.12. The molecule has 0 spiro atoms. The van der Waals surface area contributed by atoms with E-state index in [2.05, 4.69) is 20.4 Å². The molecule has 2 amide bonds. The van der Waals surface area contributed by atoms with Gasteiger partial charge in [0.2, 0.25) is 0 Å². The smallest absolute Gasteiger partial charge is 0.321 e. The number of hydrogen-bond donors (Lipinski definition) is 2. The lowest BCUT2D eigenvalue weighted by Gasteiger charge is -2.38. The maximum Gasteiger partial charge on any atom is 0.321 e. The number of urea groups is 1. The summed E-state index contributed by atoms with van der Waals surface area (Å²) < 4.78 is 16.1. The average molecular weight is 463 g/mol. The summed E-state index contributed by atoms with van der Waals surface area (Å²) >= 11 is 0. The molecule has 3 aromatic heterocycles. The number of fused-ring (bicyclic) bond motifs is 1. The first-order valence-corrected chi connectivity index (χ1v) is 10.8. The fourth-order valence-corrected chi connectivity index (χ4v) is 4.07. The molecule has 11 heteroatoms. The Morgan fingerprint density at radius 2 is 1.91 bits per heavy atom. The van der Waals surface area contributed by atoms with Gasteiger partial charge in [-0.2, -0.15) is 5.10 Å². The minimum absolute atomic E-state index is 0.0502. The molecule has 10 nitrogen and oxygen atoms in total. The number of carbonyl (C=O) groups is 1. The lowest BCUT2D eigenvalue weighted by atomic mass is 9.91. The first-order valence-electron chi connectivity index (χ1n) is 10.8. The van der Waals surface area contributed by atoms with Gasteiger partial charge in [-0.1, -0.05) is 0 Å². The number of piperidine rings is 1. The molecule has 0 atom stereocenters. The molecule has 4 aromatic rings. The number of likely N-dealkylation sites (tertiary alicyclic amines) is 1. The third kappa shape index (κ3) is 4.25. The van der Waals surface area contributed by atoms with Gasteiger partial charge in [-0.25, -0.2) is 18.9 Å². The van der Waals surface area contributed by atoms with E-state index in [1.807, 2.05) is 0 Å². The average Bonchev–Trinajstić information content (AvgIpc) is 3.27. The van der Waals surface area contributed by atoms with E-state index < -0.39 is 5.60 Å². The van der Waals surface area contributed by atoms with Crippen molar-refractivity contribution in [1.82, 2.24) is 29.2 Å². The molecule has 174 valence electrons. The number of pyridine rings is 1. The second-order valence-corrected chi connectivity index (χ2v) is 8.33. The van der Waals surface area contributed by atoms with Crippen molar-refractivity contribution in [2.24, 2.45) is 0 Å². The molecule has 34 heavy (non-hydrogen) atoms. The van der Waals surface area contributed by atoms with Crippen molar-refractivity contribution in [3.8, 4) is 5.69 Å². The lowest BCUT2D eigenvalue weighted by Crippen LogP contribution is -2.50. The summed E-state index contributed by atoms with van der Waals surface area (Å²) in [6.45, 7) is 0.736. The highest BCUT2D eigenvalue weighted by Crippen LogP contribution is 2.25. The number of nitrogens with one attached hydrogen (secondary N) is 1. The van der Waals surface area contributed by atoms with Gasteiger partial charge < -0.3 is 15.3 Å². The third-order valence-electron chi connectivity index (χ3n) is 5.98. The van der Waals surface area contributed by atoms with E-state index in [9.17, 15) is 19.1 Å². The molecule has 1 fully saturated rings. The number of amides is 2. The number of nitrogens with zero attached hydrogens (tertiary/aromatic N) is 6. The van der Waals surface area contributed by atoms with Gasteiger partial charge in [0.1, 0.15) is 17.5 Å². The molecule has 0 bridgehead atoms. The third-order valence-corrected chi connectivity index (χ3v) is 5.98. The second-order valence-electron chi connectivity index (χ2n) is 8.33. The van der Waals surface area contributed by atoms with Crippen molar-refractivity contribution in [3.63, 3.8) is 0 Å². The largest absolute Gasteiger partial charge is 0.388 e. The van der Waals surface area contributed by atoms with Crippen LogP contribution in [0.1, 0.15) is 12.8 Å². The monoisotopic (exact) mass is 463 g/mol. The predicted octanol–water partition coefficient (Wildman–Crippen LogP) is 2.18. The van der Waals surface area contributed by atoms with Crippen molar-refractivity contribution in [1.29, 1.82) is 0 Å². The van der Waals surface area contributed by atoms with E-state index in [0.29, 0.717) is 48.3 Å². The maximum absolute atomic E-state index is 13.2. The van der Waals surface area contributed by atoms with Crippen LogP contribution in [0.15, 0.2) is 66.1 Å². The molecule has 0 aliphatic carbocycles. The van der Waals surface area contributed by atoms with Gasteiger partial charge in [0, 0.05) is 19.3 Å². The molecule has 2 N–H and O–H groups in total. The summed E-state index contributed by atoms with van der Waals surface area (Å²) in [6, 6.07) is 8.94. The van der Waals surface area contributed by atoms with E-state index in [4.69, 9.17) is 0 Å². The zero-order valence-electron chi connectivity index (χ0n) is 18.1. The minimum Gasteiger partial charge on any atom is -0.388 e. The van der Waals surface area contributed by atoms with E-state index in [-0.39, 0.29) is 24.0 Å². The Kier molecular flexibility index (Phi) is 5.54. The van der Waals surface area contributed by atoms with Crippen molar-refractivity contribution >= 4 is 22.8 Å². The van der Waals surface area contributed by atoms with Crippen LogP contribution in [0.5, 0.6) is 0 Å². The molecule has 4 heterocycles. The van der Waals surface area contributed by atoms with Crippen LogP contribution in [0.2, 0.25) is 0 Å². The molecular formula is C23H22FN7O3. The summed E-state index contributed by atoms with van der Waals surface area (Å²) in [5.41, 5.74) is 0.0411. The second kappa shape index (κ2) is 8.67. The zero-order valence-corrected chi connectivity index (χ0v) is 18.1. The van der Waals surface area contributed by atoms with Crippen LogP contribution >= 0.6 is 0 Å². The number of carbonyl (C=O) groups excluding carboxylic acids is 1. The van der Waals surface area contributed by atoms with Gasteiger partial charge in [0.25, 0.3) is 5.56 Å². The van der Waals surface area contributed by atoms with Gasteiger partial charge in [-0.05, 0) is 49.2 Å². The molecule has 0 saturated carbocycles. The standard InChI is InChI=1S/C23H22FN7O3/c24-16-3-5-18(6-4-16)31-20-19(13-27-31)21(32)30(15-26-20)14-23(34)7-10-29(11-8-23)22(33)28-17-2-1-9-25-12-17/h1-6,9,12-13,15,34H,7-8,10-11,14H2,(H,28,33). The van der Waals surface area contributed by atoms with Crippen LogP contribution < -0.4 is 10.9 Å². The van der Waals surface area contributed by atoms with E-state index in [1.54, 1.807) is 41.6 Å². The van der Waals surface area contributed by atoms with E-state index in [1.165, 1.54) is 33.9 Å². The Bertz CT molecular complexity index is 1380. The Morgan fingerprint density at radius 1 is 1.15 bits per heavy atom. The molecule has 1 saturated heterocycles. The van der Waals surface area contributed by atoms with Gasteiger partial charge in [0.15, 0.2) is 5.65 Å². The number of anilines is 1. The van der Waals surface area contributed by atoms with Gasteiger partial charge >= 0.3 is 6.03 Å². The number of aliphatic hydroxyl groups is 1. The zero-order chi connectivity index (χ0) is 23.7. The minimum atomic E-state index is -1.16. The van der Waals surface area contributed by atoms with Crippen LogP contribution in [0.25, 0.3) is 16.7 Å². The molecular weight excluding hydrogens is 441 g/mol. The molecule has 0 radical (unpaired) electrons. The number of rotatable bonds is 4. The molecule has 1 aromatic carbocycles. The fraction of sp³-hybridized carbons (Fsp3) is 0.261. The van der Waals surface area contributed by atoms with Crippen molar-refractivity contribution in [2.45, 2.75) is 25.0 Å². The summed E-state index contributed by atoms with van der Waals surface area (Å²) in [4.78, 5) is 35.5.